The van der Waals surface area contributed by atoms with Gasteiger partial charge < -0.3 is 14.4 Å². The first-order chi connectivity index (χ1) is 13.3. The predicted octanol–water partition coefficient (Wildman–Crippen LogP) is 3.27. The average molecular weight is 401 g/mol. The minimum Gasteiger partial charge on any atom is -0.462 e. The Morgan fingerprint density at radius 1 is 1.25 bits per heavy atom. The minimum atomic E-state index is -5.18. The zero-order valence-electron chi connectivity index (χ0n) is 15.1. The Balaban J connectivity index is 2.14. The molecular weight excluding hydrogens is 382 g/mol. The van der Waals surface area contributed by atoms with Gasteiger partial charge in [0.1, 0.15) is 5.82 Å². The molecule has 2 aliphatic heterocycles. The largest absolute Gasteiger partial charge is 0.462 e. The molecule has 2 aliphatic rings. The molecule has 0 spiro atoms. The molecule has 1 aromatic rings. The summed E-state index contributed by atoms with van der Waals surface area (Å²) >= 11 is 0. The topological polar surface area (TPSA) is 63.5 Å². The summed E-state index contributed by atoms with van der Waals surface area (Å²) in [5.74, 6) is -2.88. The molecule has 0 N–H and O–H groups in total. The van der Waals surface area contributed by atoms with Gasteiger partial charge in [-0.25, -0.2) is 9.18 Å². The molecular formula is C18H19F4N3O3. The molecule has 1 atom stereocenters. The SMILES string of the molecule is CCOC(=O)[C@@]1(C(F)(F)F)N=C(c2cccc(F)c2)OC(N2CCCCC2)=N1. The quantitative estimate of drug-likeness (QED) is 0.576. The number of aliphatic imine (C=N–C) groups is 2. The van der Waals surface area contributed by atoms with Crippen molar-refractivity contribution in [3.63, 3.8) is 0 Å². The van der Waals surface area contributed by atoms with Crippen molar-refractivity contribution in [2.45, 2.75) is 38.0 Å². The van der Waals surface area contributed by atoms with Crippen LogP contribution in [0.2, 0.25) is 0 Å². The third-order valence-electron chi connectivity index (χ3n) is 4.36. The van der Waals surface area contributed by atoms with E-state index in [4.69, 9.17) is 4.74 Å². The van der Waals surface area contributed by atoms with Crippen molar-refractivity contribution in [1.82, 2.24) is 4.90 Å². The Morgan fingerprint density at radius 2 is 1.96 bits per heavy atom. The monoisotopic (exact) mass is 401 g/mol. The maximum atomic E-state index is 14.0. The van der Waals surface area contributed by atoms with E-state index in [1.807, 2.05) is 0 Å². The maximum Gasteiger partial charge on any atom is 0.446 e. The molecule has 0 aromatic heterocycles. The van der Waals surface area contributed by atoms with Gasteiger partial charge in [0, 0.05) is 18.7 Å². The lowest BCUT2D eigenvalue weighted by Gasteiger charge is -2.35. The highest BCUT2D eigenvalue weighted by Gasteiger charge is 2.65. The number of alkyl halides is 3. The van der Waals surface area contributed by atoms with E-state index < -0.39 is 29.5 Å². The first-order valence-corrected chi connectivity index (χ1v) is 8.89. The molecule has 28 heavy (non-hydrogen) atoms. The first-order valence-electron chi connectivity index (χ1n) is 8.89. The molecule has 0 unspecified atom stereocenters. The lowest BCUT2D eigenvalue weighted by atomic mass is 10.1. The molecule has 3 rings (SSSR count). The highest BCUT2D eigenvalue weighted by molar-refractivity contribution is 6.05. The van der Waals surface area contributed by atoms with Crippen molar-refractivity contribution in [3.05, 3.63) is 35.6 Å². The molecule has 0 amide bonds. The van der Waals surface area contributed by atoms with Gasteiger partial charge in [-0.15, -0.1) is 0 Å². The zero-order chi connectivity index (χ0) is 20.4. The second-order valence-corrected chi connectivity index (χ2v) is 6.36. The molecule has 10 heteroatoms. The van der Waals surface area contributed by atoms with E-state index in [9.17, 15) is 22.4 Å². The minimum absolute atomic E-state index is 0.0395. The first kappa shape index (κ1) is 20.1. The smallest absolute Gasteiger partial charge is 0.446 e. The Morgan fingerprint density at radius 3 is 2.57 bits per heavy atom. The Hall–Kier alpha value is -2.65. The number of nitrogens with zero attached hydrogens (tertiary/aromatic N) is 3. The van der Waals surface area contributed by atoms with Crippen LogP contribution in [0.3, 0.4) is 0 Å². The molecule has 1 saturated heterocycles. The van der Waals surface area contributed by atoms with Gasteiger partial charge >= 0.3 is 17.8 Å². The third kappa shape index (κ3) is 3.81. The van der Waals surface area contributed by atoms with Crippen molar-refractivity contribution in [2.75, 3.05) is 19.7 Å². The Labute approximate surface area is 158 Å². The highest BCUT2D eigenvalue weighted by Crippen LogP contribution is 2.39. The number of benzene rings is 1. The fraction of sp³-hybridized carbons (Fsp3) is 0.500. The molecule has 6 nitrogen and oxygen atoms in total. The molecule has 0 radical (unpaired) electrons. The number of likely N-dealkylation sites (tertiary alicyclic amines) is 1. The van der Waals surface area contributed by atoms with E-state index in [-0.39, 0.29) is 18.2 Å². The van der Waals surface area contributed by atoms with Crippen molar-refractivity contribution in [2.24, 2.45) is 9.98 Å². The third-order valence-corrected chi connectivity index (χ3v) is 4.36. The summed E-state index contributed by atoms with van der Waals surface area (Å²) < 4.78 is 65.8. The second-order valence-electron chi connectivity index (χ2n) is 6.36. The van der Waals surface area contributed by atoms with Gasteiger partial charge in [0.15, 0.2) is 0 Å². The highest BCUT2D eigenvalue weighted by atomic mass is 19.4. The summed E-state index contributed by atoms with van der Waals surface area (Å²) in [6, 6.07) is 4.38. The number of ether oxygens (including phenoxy) is 2. The number of halogens is 4. The Bertz CT molecular complexity index is 804. The van der Waals surface area contributed by atoms with Crippen LogP contribution in [0.15, 0.2) is 34.3 Å². The fourth-order valence-corrected chi connectivity index (χ4v) is 2.97. The molecule has 2 heterocycles. The molecule has 0 aliphatic carbocycles. The summed E-state index contributed by atoms with van der Waals surface area (Å²) in [5.41, 5.74) is -3.54. The molecule has 0 bridgehead atoms. The number of carbonyl (C=O) groups is 1. The van der Waals surface area contributed by atoms with Crippen LogP contribution in [-0.4, -0.2) is 54.3 Å². The van der Waals surface area contributed by atoms with Crippen LogP contribution in [0.1, 0.15) is 31.7 Å². The second kappa shape index (κ2) is 7.76. The van der Waals surface area contributed by atoms with Gasteiger partial charge in [-0.2, -0.15) is 23.2 Å². The van der Waals surface area contributed by atoms with Crippen LogP contribution in [0, 0.1) is 5.82 Å². The van der Waals surface area contributed by atoms with E-state index in [0.717, 1.165) is 31.4 Å². The molecule has 0 saturated carbocycles. The van der Waals surface area contributed by atoms with Crippen molar-refractivity contribution >= 4 is 17.9 Å². The molecule has 1 aromatic carbocycles. The standard InChI is InChI=1S/C18H19F4N3O3/c1-2-27-15(26)17(18(20,21)22)23-14(12-7-6-8-13(19)11-12)28-16(24-17)25-9-4-3-5-10-25/h6-8,11H,2-5,9-10H2,1H3/t17-/m1/s1. The van der Waals surface area contributed by atoms with Crippen LogP contribution in [-0.2, 0) is 14.3 Å². The predicted molar refractivity (Wildman–Crippen MR) is 92.3 cm³/mol. The van der Waals surface area contributed by atoms with E-state index in [1.54, 1.807) is 0 Å². The number of hydrogen-bond acceptors (Lipinski definition) is 6. The van der Waals surface area contributed by atoms with Crippen molar-refractivity contribution < 1.29 is 31.8 Å². The summed E-state index contributed by atoms with van der Waals surface area (Å²) in [4.78, 5) is 20.9. The fourth-order valence-electron chi connectivity index (χ4n) is 2.97. The zero-order valence-corrected chi connectivity index (χ0v) is 15.1. The van der Waals surface area contributed by atoms with Gasteiger partial charge in [0.25, 0.3) is 6.02 Å². The van der Waals surface area contributed by atoms with Crippen LogP contribution >= 0.6 is 0 Å². The number of esters is 1. The van der Waals surface area contributed by atoms with Gasteiger partial charge in [0.05, 0.1) is 6.61 Å². The van der Waals surface area contributed by atoms with Crippen LogP contribution in [0.5, 0.6) is 0 Å². The van der Waals surface area contributed by atoms with Gasteiger partial charge in [-0.1, -0.05) is 6.07 Å². The van der Waals surface area contributed by atoms with Crippen molar-refractivity contribution in [3.8, 4) is 0 Å². The molecule has 1 fully saturated rings. The van der Waals surface area contributed by atoms with Crippen LogP contribution in [0.4, 0.5) is 17.6 Å². The van der Waals surface area contributed by atoms with Gasteiger partial charge in [-0.05, 0) is 44.4 Å². The lowest BCUT2D eigenvalue weighted by molar-refractivity contribution is -0.204. The number of amidine groups is 1. The van der Waals surface area contributed by atoms with Crippen LogP contribution < -0.4 is 0 Å². The maximum absolute atomic E-state index is 14.0. The van der Waals surface area contributed by atoms with Gasteiger partial charge in [-0.3, -0.25) is 0 Å². The summed E-state index contributed by atoms with van der Waals surface area (Å²) in [6.07, 6.45) is -2.76. The molecule has 152 valence electrons. The normalized spacial score (nSPS) is 22.8. The number of piperidine rings is 1. The van der Waals surface area contributed by atoms with Crippen LogP contribution in [0.25, 0.3) is 0 Å². The van der Waals surface area contributed by atoms with E-state index in [1.165, 1.54) is 24.0 Å². The van der Waals surface area contributed by atoms with E-state index >= 15 is 0 Å². The number of carbonyl (C=O) groups excluding carboxylic acids is 1. The van der Waals surface area contributed by atoms with E-state index in [2.05, 4.69) is 14.7 Å². The summed E-state index contributed by atoms with van der Waals surface area (Å²) in [5, 5.41) is 0. The van der Waals surface area contributed by atoms with Gasteiger partial charge in [0.2, 0.25) is 5.90 Å². The van der Waals surface area contributed by atoms with Crippen molar-refractivity contribution in [1.29, 1.82) is 0 Å². The van der Waals surface area contributed by atoms with E-state index in [0.29, 0.717) is 13.1 Å². The summed E-state index contributed by atoms with van der Waals surface area (Å²) in [7, 11) is 0. The average Bonchev–Trinajstić information content (AvgIpc) is 2.67. The lowest BCUT2D eigenvalue weighted by Crippen LogP contribution is -2.55. The summed E-state index contributed by atoms with van der Waals surface area (Å²) in [6.45, 7) is 1.95. The Kier molecular flexibility index (Phi) is 5.57. The number of hydrogen-bond donors (Lipinski definition) is 0. The number of rotatable bonds is 3.